The summed E-state index contributed by atoms with van der Waals surface area (Å²) in [7, 11) is -2.68. The molecule has 0 aromatic heterocycles. The van der Waals surface area contributed by atoms with Gasteiger partial charge in [-0.2, -0.15) is 0 Å². The Morgan fingerprint density at radius 2 is 1.54 bits per heavy atom. The molecule has 0 aliphatic carbocycles. The van der Waals surface area contributed by atoms with Gasteiger partial charge < -0.3 is 15.0 Å². The highest BCUT2D eigenvalue weighted by Crippen LogP contribution is 2.26. The number of benzene rings is 3. The van der Waals surface area contributed by atoms with Crippen molar-refractivity contribution >= 4 is 27.5 Å². The van der Waals surface area contributed by atoms with E-state index in [0.29, 0.717) is 12.2 Å². The molecule has 0 radical (unpaired) electrons. The predicted molar refractivity (Wildman–Crippen MR) is 158 cm³/mol. The monoisotopic (exact) mass is 583 g/mol. The molecular weight excluding hydrogens is 545 g/mol. The fraction of sp³-hybridized carbons (Fsp3) is 0.355. The lowest BCUT2D eigenvalue weighted by Crippen LogP contribution is -2.55. The van der Waals surface area contributed by atoms with Gasteiger partial charge in [0.15, 0.2) is 0 Å². The normalized spacial score (nSPS) is 12.4. The molecule has 41 heavy (non-hydrogen) atoms. The van der Waals surface area contributed by atoms with Gasteiger partial charge in [0.1, 0.15) is 24.2 Å². The number of hydrogen-bond acceptors (Lipinski definition) is 5. The van der Waals surface area contributed by atoms with Crippen molar-refractivity contribution in [2.24, 2.45) is 0 Å². The van der Waals surface area contributed by atoms with Crippen LogP contribution in [0.4, 0.5) is 10.1 Å². The number of ether oxygens (including phenoxy) is 1. The summed E-state index contributed by atoms with van der Waals surface area (Å²) < 4.78 is 47.7. The standard InChI is InChI=1S/C31H38FN3O5S/c1-7-28(30(37)33-31(3,4)5)34(20-23-10-16-26(40-6)17-11-23)29(36)21-35(25-14-12-24(32)13-15-25)41(38,39)27-18-8-22(2)9-19-27/h8-19,28H,7,20-21H2,1-6H3,(H,33,37)/t28-/m0/s1. The molecule has 0 aliphatic heterocycles. The number of hydrogen-bond donors (Lipinski definition) is 1. The number of amides is 2. The number of rotatable bonds is 11. The Balaban J connectivity index is 2.06. The van der Waals surface area contributed by atoms with Gasteiger partial charge in [-0.05, 0) is 88.2 Å². The van der Waals surface area contributed by atoms with Crippen LogP contribution >= 0.6 is 0 Å². The summed E-state index contributed by atoms with van der Waals surface area (Å²) in [5.41, 5.74) is 1.18. The third-order valence-electron chi connectivity index (χ3n) is 6.40. The van der Waals surface area contributed by atoms with Crippen molar-refractivity contribution in [1.82, 2.24) is 10.2 Å². The molecule has 1 N–H and O–H groups in total. The van der Waals surface area contributed by atoms with Crippen LogP contribution in [0.3, 0.4) is 0 Å². The van der Waals surface area contributed by atoms with E-state index in [0.717, 1.165) is 27.6 Å². The van der Waals surface area contributed by atoms with Crippen LogP contribution in [-0.2, 0) is 26.2 Å². The molecule has 0 spiro atoms. The highest BCUT2D eigenvalue weighted by Gasteiger charge is 2.34. The first-order valence-electron chi connectivity index (χ1n) is 13.3. The Labute approximate surface area is 242 Å². The van der Waals surface area contributed by atoms with E-state index in [1.54, 1.807) is 50.4 Å². The Morgan fingerprint density at radius 3 is 2.05 bits per heavy atom. The van der Waals surface area contributed by atoms with Gasteiger partial charge in [-0.25, -0.2) is 12.8 Å². The lowest BCUT2D eigenvalue weighted by atomic mass is 10.1. The van der Waals surface area contributed by atoms with Crippen LogP contribution in [0.25, 0.3) is 0 Å². The van der Waals surface area contributed by atoms with E-state index in [1.807, 2.05) is 27.7 Å². The smallest absolute Gasteiger partial charge is 0.264 e. The highest BCUT2D eigenvalue weighted by atomic mass is 32.2. The van der Waals surface area contributed by atoms with Crippen LogP contribution in [0.15, 0.2) is 77.7 Å². The summed E-state index contributed by atoms with van der Waals surface area (Å²) in [6.07, 6.45) is 0.297. The minimum Gasteiger partial charge on any atom is -0.497 e. The maximum atomic E-state index is 14.1. The molecule has 0 fully saturated rings. The molecule has 2 amide bonds. The van der Waals surface area contributed by atoms with Crippen LogP contribution in [0.1, 0.15) is 45.2 Å². The van der Waals surface area contributed by atoms with Crippen molar-refractivity contribution < 1.29 is 27.1 Å². The van der Waals surface area contributed by atoms with E-state index < -0.39 is 39.9 Å². The van der Waals surface area contributed by atoms with E-state index in [-0.39, 0.29) is 23.0 Å². The van der Waals surface area contributed by atoms with Gasteiger partial charge in [-0.3, -0.25) is 13.9 Å². The average Bonchev–Trinajstić information content (AvgIpc) is 2.91. The largest absolute Gasteiger partial charge is 0.497 e. The molecule has 10 heteroatoms. The number of halogens is 1. The molecule has 3 rings (SSSR count). The first-order valence-corrected chi connectivity index (χ1v) is 14.8. The first kappa shape index (κ1) is 31.6. The zero-order valence-corrected chi connectivity index (χ0v) is 25.2. The van der Waals surface area contributed by atoms with E-state index in [4.69, 9.17) is 4.74 Å². The van der Waals surface area contributed by atoms with Crippen LogP contribution in [-0.4, -0.2) is 50.4 Å². The van der Waals surface area contributed by atoms with Gasteiger partial charge >= 0.3 is 0 Å². The van der Waals surface area contributed by atoms with Gasteiger partial charge in [-0.15, -0.1) is 0 Å². The maximum absolute atomic E-state index is 14.1. The van der Waals surface area contributed by atoms with Crippen molar-refractivity contribution in [1.29, 1.82) is 0 Å². The Kier molecular flexibility index (Phi) is 10.1. The lowest BCUT2D eigenvalue weighted by Gasteiger charge is -2.34. The molecule has 0 unspecified atom stereocenters. The molecule has 0 saturated carbocycles. The zero-order chi connectivity index (χ0) is 30.4. The quantitative estimate of drug-likeness (QED) is 0.341. The van der Waals surface area contributed by atoms with Gasteiger partial charge in [-0.1, -0.05) is 36.8 Å². The number of sulfonamides is 1. The van der Waals surface area contributed by atoms with Crippen LogP contribution in [0, 0.1) is 12.7 Å². The predicted octanol–water partition coefficient (Wildman–Crippen LogP) is 5.06. The SMILES string of the molecule is CC[C@@H](C(=O)NC(C)(C)C)N(Cc1ccc(OC)cc1)C(=O)CN(c1ccc(F)cc1)S(=O)(=O)c1ccc(C)cc1. The number of anilines is 1. The van der Waals surface area contributed by atoms with E-state index in [2.05, 4.69) is 5.32 Å². The van der Waals surface area contributed by atoms with Crippen molar-refractivity contribution in [2.45, 2.75) is 64.1 Å². The summed E-state index contributed by atoms with van der Waals surface area (Å²) in [4.78, 5) is 28.8. The third kappa shape index (κ3) is 8.29. The second-order valence-corrected chi connectivity index (χ2v) is 12.7. The van der Waals surface area contributed by atoms with E-state index in [1.165, 1.54) is 29.2 Å². The van der Waals surface area contributed by atoms with Crippen LogP contribution in [0.2, 0.25) is 0 Å². The number of nitrogens with one attached hydrogen (secondary N) is 1. The molecule has 3 aromatic carbocycles. The van der Waals surface area contributed by atoms with Crippen molar-refractivity contribution in [2.75, 3.05) is 18.0 Å². The first-order chi connectivity index (χ1) is 19.2. The number of aryl methyl sites for hydroxylation is 1. The summed E-state index contributed by atoms with van der Waals surface area (Å²) in [5, 5.41) is 2.94. The molecule has 3 aromatic rings. The average molecular weight is 584 g/mol. The fourth-order valence-electron chi connectivity index (χ4n) is 4.27. The number of methoxy groups -OCH3 is 1. The number of nitrogens with zero attached hydrogens (tertiary/aromatic N) is 2. The minimum absolute atomic E-state index is 0.0144. The lowest BCUT2D eigenvalue weighted by molar-refractivity contribution is -0.141. The Bertz CT molecular complexity index is 1440. The molecular formula is C31H38FN3O5S. The molecule has 0 aliphatic rings. The van der Waals surface area contributed by atoms with Gasteiger partial charge in [0.2, 0.25) is 11.8 Å². The zero-order valence-electron chi connectivity index (χ0n) is 24.3. The molecule has 220 valence electrons. The summed E-state index contributed by atoms with van der Waals surface area (Å²) in [6.45, 7) is 8.62. The maximum Gasteiger partial charge on any atom is 0.264 e. The second-order valence-electron chi connectivity index (χ2n) is 10.8. The molecule has 8 nitrogen and oxygen atoms in total. The number of carbonyl (C=O) groups excluding carboxylic acids is 2. The Morgan fingerprint density at radius 1 is 0.951 bits per heavy atom. The van der Waals surface area contributed by atoms with E-state index in [9.17, 15) is 22.4 Å². The highest BCUT2D eigenvalue weighted by molar-refractivity contribution is 7.92. The fourth-order valence-corrected chi connectivity index (χ4v) is 5.69. The minimum atomic E-state index is -4.23. The summed E-state index contributed by atoms with van der Waals surface area (Å²) >= 11 is 0. The second kappa shape index (κ2) is 13.2. The van der Waals surface area contributed by atoms with Gasteiger partial charge in [0, 0.05) is 12.1 Å². The Hall–Kier alpha value is -3.92. The topological polar surface area (TPSA) is 96.0 Å². The van der Waals surface area contributed by atoms with Crippen LogP contribution in [0.5, 0.6) is 5.75 Å². The third-order valence-corrected chi connectivity index (χ3v) is 8.19. The van der Waals surface area contributed by atoms with Crippen molar-refractivity contribution in [3.63, 3.8) is 0 Å². The number of carbonyl (C=O) groups is 2. The summed E-state index contributed by atoms with van der Waals surface area (Å²) in [5.74, 6) is -0.845. The van der Waals surface area contributed by atoms with Crippen molar-refractivity contribution in [3.05, 3.63) is 89.7 Å². The molecule has 1 atom stereocenters. The summed E-state index contributed by atoms with van der Waals surface area (Å²) in [6, 6.07) is 17.4. The molecule has 0 saturated heterocycles. The van der Waals surface area contributed by atoms with Gasteiger partial charge in [0.25, 0.3) is 10.0 Å². The van der Waals surface area contributed by atoms with Crippen LogP contribution < -0.4 is 14.4 Å². The molecule has 0 heterocycles. The van der Waals surface area contributed by atoms with E-state index >= 15 is 0 Å². The molecule has 0 bridgehead atoms. The van der Waals surface area contributed by atoms with Gasteiger partial charge in [0.05, 0.1) is 17.7 Å². The van der Waals surface area contributed by atoms with Crippen molar-refractivity contribution in [3.8, 4) is 5.75 Å².